The first-order chi connectivity index (χ1) is 13.7. The van der Waals surface area contributed by atoms with E-state index in [2.05, 4.69) is 0 Å². The van der Waals surface area contributed by atoms with Crippen LogP contribution in [0.5, 0.6) is 0 Å². The number of rotatable bonds is 7. The number of hydrogen-bond acceptors (Lipinski definition) is 4. The lowest BCUT2D eigenvalue weighted by Gasteiger charge is -2.15. The van der Waals surface area contributed by atoms with Crippen LogP contribution in [-0.2, 0) is 21.8 Å². The van der Waals surface area contributed by atoms with Crippen LogP contribution in [0.25, 0.3) is 5.57 Å². The fourth-order valence-corrected chi connectivity index (χ4v) is 5.06. The second-order valence-corrected chi connectivity index (χ2v) is 8.39. The summed E-state index contributed by atoms with van der Waals surface area (Å²) in [5.74, 6) is 0.306. The molecule has 0 fully saturated rings. The first kappa shape index (κ1) is 18.7. The molecule has 0 atom stereocenters. The molecule has 0 bridgehead atoms. The van der Waals surface area contributed by atoms with E-state index in [0.29, 0.717) is 29.2 Å². The molecular weight excluding hydrogens is 386 g/mol. The van der Waals surface area contributed by atoms with Crippen LogP contribution < -0.4 is 0 Å². The molecule has 3 nitrogen and oxygen atoms in total. The van der Waals surface area contributed by atoms with Gasteiger partial charge >= 0.3 is 0 Å². The number of thioether (sulfide) groups is 1. The molecule has 2 heterocycles. The molecule has 0 spiro atoms. The maximum atomic E-state index is 13.1. The van der Waals surface area contributed by atoms with E-state index in [9.17, 15) is 9.59 Å². The molecular formula is C23H19NO2S2. The lowest BCUT2D eigenvalue weighted by atomic mass is 10.1. The minimum atomic E-state index is -0.182. The van der Waals surface area contributed by atoms with Crippen LogP contribution in [0.15, 0.2) is 83.1 Å². The number of thiophene rings is 1. The lowest BCUT2D eigenvalue weighted by molar-refractivity contribution is -0.136. The number of nitrogens with zero attached hydrogens (tertiary/aromatic N) is 1. The number of amides is 2. The summed E-state index contributed by atoms with van der Waals surface area (Å²) >= 11 is 2.95. The van der Waals surface area contributed by atoms with E-state index in [4.69, 9.17) is 0 Å². The van der Waals surface area contributed by atoms with Crippen molar-refractivity contribution in [1.29, 1.82) is 0 Å². The van der Waals surface area contributed by atoms with Crippen LogP contribution in [0.1, 0.15) is 16.0 Å². The normalized spacial score (nSPS) is 14.2. The molecule has 1 aliphatic rings. The van der Waals surface area contributed by atoms with Gasteiger partial charge in [-0.1, -0.05) is 66.7 Å². The maximum Gasteiger partial charge on any atom is 0.268 e. The summed E-state index contributed by atoms with van der Waals surface area (Å²) in [4.78, 5) is 29.0. The summed E-state index contributed by atoms with van der Waals surface area (Å²) in [6, 6.07) is 23.8. The summed E-state index contributed by atoms with van der Waals surface area (Å²) in [5, 5.41) is 1.94. The Hall–Kier alpha value is -2.63. The zero-order valence-electron chi connectivity index (χ0n) is 15.2. The Bertz CT molecular complexity index is 996. The smallest absolute Gasteiger partial charge is 0.268 e. The Morgan fingerprint density at radius 2 is 1.46 bits per heavy atom. The van der Waals surface area contributed by atoms with Crippen LogP contribution in [0, 0.1) is 0 Å². The molecule has 2 amide bonds. The molecule has 1 aliphatic heterocycles. The van der Waals surface area contributed by atoms with Gasteiger partial charge in [-0.15, -0.1) is 23.1 Å². The lowest BCUT2D eigenvalue weighted by Crippen LogP contribution is -2.33. The SMILES string of the molecule is O=C1C(SCc2ccccc2)=C(c2cccs2)C(=O)N1CCc1ccccc1. The van der Waals surface area contributed by atoms with Gasteiger partial charge in [0.1, 0.15) is 0 Å². The molecule has 140 valence electrons. The highest BCUT2D eigenvalue weighted by molar-refractivity contribution is 8.03. The Balaban J connectivity index is 1.56. The second-order valence-electron chi connectivity index (χ2n) is 6.45. The highest BCUT2D eigenvalue weighted by Gasteiger charge is 2.39. The van der Waals surface area contributed by atoms with E-state index < -0.39 is 0 Å². The number of benzene rings is 2. The van der Waals surface area contributed by atoms with Crippen molar-refractivity contribution in [2.45, 2.75) is 12.2 Å². The molecule has 28 heavy (non-hydrogen) atoms. The van der Waals surface area contributed by atoms with Crippen LogP contribution >= 0.6 is 23.1 Å². The third kappa shape index (κ3) is 3.96. The van der Waals surface area contributed by atoms with Gasteiger partial charge in [-0.25, -0.2) is 0 Å². The van der Waals surface area contributed by atoms with Gasteiger partial charge in [0.15, 0.2) is 0 Å². The predicted molar refractivity (Wildman–Crippen MR) is 116 cm³/mol. The summed E-state index contributed by atoms with van der Waals surface area (Å²) in [6.07, 6.45) is 0.659. The fourth-order valence-electron chi connectivity index (χ4n) is 3.14. The number of carbonyl (C=O) groups is 2. The standard InChI is InChI=1S/C23H19NO2S2/c25-22-20(19-12-7-15-27-19)21(28-16-18-10-5-2-6-11-18)23(26)24(22)14-13-17-8-3-1-4-9-17/h1-12,15H,13-14,16H2. The van der Waals surface area contributed by atoms with Crippen molar-refractivity contribution in [2.24, 2.45) is 0 Å². The quantitative estimate of drug-likeness (QED) is 0.519. The zero-order valence-corrected chi connectivity index (χ0v) is 16.8. The van der Waals surface area contributed by atoms with E-state index in [1.807, 2.05) is 78.2 Å². The molecule has 0 unspecified atom stereocenters. The minimum Gasteiger partial charge on any atom is -0.273 e. The predicted octanol–water partition coefficient (Wildman–Crippen LogP) is 5.00. The van der Waals surface area contributed by atoms with Crippen LogP contribution in [0.4, 0.5) is 0 Å². The van der Waals surface area contributed by atoms with Gasteiger partial charge in [0.25, 0.3) is 11.8 Å². The van der Waals surface area contributed by atoms with Gasteiger partial charge in [0.05, 0.1) is 10.5 Å². The topological polar surface area (TPSA) is 37.4 Å². The Kier molecular flexibility index (Phi) is 5.74. The van der Waals surface area contributed by atoms with Crippen molar-refractivity contribution in [3.8, 4) is 0 Å². The summed E-state index contributed by atoms with van der Waals surface area (Å²) < 4.78 is 0. The van der Waals surface area contributed by atoms with Crippen molar-refractivity contribution >= 4 is 40.5 Å². The second kappa shape index (κ2) is 8.59. The molecule has 0 N–H and O–H groups in total. The van der Waals surface area contributed by atoms with E-state index >= 15 is 0 Å². The third-order valence-corrected chi connectivity index (χ3v) is 6.62. The monoisotopic (exact) mass is 405 g/mol. The average Bonchev–Trinajstić information content (AvgIpc) is 3.33. The van der Waals surface area contributed by atoms with Gasteiger partial charge in [-0.3, -0.25) is 14.5 Å². The van der Waals surface area contributed by atoms with Crippen molar-refractivity contribution in [1.82, 2.24) is 4.90 Å². The van der Waals surface area contributed by atoms with Crippen LogP contribution in [-0.4, -0.2) is 23.3 Å². The Morgan fingerprint density at radius 3 is 2.11 bits per heavy atom. The minimum absolute atomic E-state index is 0.176. The first-order valence-corrected chi connectivity index (χ1v) is 11.0. The number of carbonyl (C=O) groups excluding carboxylic acids is 2. The molecule has 0 saturated heterocycles. The summed E-state index contributed by atoms with van der Waals surface area (Å²) in [5.41, 5.74) is 2.80. The van der Waals surface area contributed by atoms with Gasteiger partial charge < -0.3 is 0 Å². The van der Waals surface area contributed by atoms with Gasteiger partial charge in [-0.2, -0.15) is 0 Å². The van der Waals surface area contributed by atoms with Crippen LogP contribution in [0.3, 0.4) is 0 Å². The molecule has 0 radical (unpaired) electrons. The highest BCUT2D eigenvalue weighted by Crippen LogP contribution is 2.39. The highest BCUT2D eigenvalue weighted by atomic mass is 32.2. The van der Waals surface area contributed by atoms with Crippen molar-refractivity contribution in [2.75, 3.05) is 6.54 Å². The van der Waals surface area contributed by atoms with Crippen molar-refractivity contribution in [3.05, 3.63) is 99.1 Å². The maximum absolute atomic E-state index is 13.1. The van der Waals surface area contributed by atoms with Gasteiger partial charge in [-0.05, 0) is 29.0 Å². The molecule has 5 heteroatoms. The Morgan fingerprint density at radius 1 is 0.786 bits per heavy atom. The number of hydrogen-bond donors (Lipinski definition) is 0. The average molecular weight is 406 g/mol. The van der Waals surface area contributed by atoms with Crippen LogP contribution in [0.2, 0.25) is 0 Å². The molecule has 1 aromatic heterocycles. The zero-order chi connectivity index (χ0) is 19.3. The van der Waals surface area contributed by atoms with E-state index in [-0.39, 0.29) is 11.8 Å². The summed E-state index contributed by atoms with van der Waals surface area (Å²) in [6.45, 7) is 0.395. The van der Waals surface area contributed by atoms with Crippen molar-refractivity contribution < 1.29 is 9.59 Å². The van der Waals surface area contributed by atoms with E-state index in [1.165, 1.54) is 28.0 Å². The molecule has 0 aliphatic carbocycles. The van der Waals surface area contributed by atoms with E-state index in [1.54, 1.807) is 0 Å². The molecule has 2 aromatic carbocycles. The van der Waals surface area contributed by atoms with Gasteiger partial charge in [0, 0.05) is 17.2 Å². The van der Waals surface area contributed by atoms with Crippen molar-refractivity contribution in [3.63, 3.8) is 0 Å². The Labute approximate surface area is 172 Å². The fraction of sp³-hybridized carbons (Fsp3) is 0.130. The molecule has 4 rings (SSSR count). The third-order valence-electron chi connectivity index (χ3n) is 4.59. The first-order valence-electron chi connectivity index (χ1n) is 9.09. The molecule has 0 saturated carbocycles. The number of imide groups is 1. The van der Waals surface area contributed by atoms with E-state index in [0.717, 1.165) is 16.0 Å². The summed E-state index contributed by atoms with van der Waals surface area (Å²) in [7, 11) is 0. The molecule has 3 aromatic rings. The largest absolute Gasteiger partial charge is 0.273 e. The van der Waals surface area contributed by atoms with Gasteiger partial charge in [0.2, 0.25) is 0 Å².